The van der Waals surface area contributed by atoms with E-state index in [2.05, 4.69) is 36.5 Å². The Morgan fingerprint density at radius 3 is 2.45 bits per heavy atom. The molecule has 0 saturated carbocycles. The quantitative estimate of drug-likeness (QED) is 0.797. The van der Waals surface area contributed by atoms with E-state index < -0.39 is 0 Å². The fourth-order valence-corrected chi connectivity index (χ4v) is 2.08. The number of hydrogen-bond acceptors (Lipinski definition) is 2. The Bertz CT molecular complexity index is 537. The summed E-state index contributed by atoms with van der Waals surface area (Å²) in [7, 11) is 1.94. The van der Waals surface area contributed by atoms with Crippen molar-refractivity contribution in [2.45, 2.75) is 19.9 Å². The molecule has 106 valence electrons. The molecule has 20 heavy (non-hydrogen) atoms. The van der Waals surface area contributed by atoms with Gasteiger partial charge in [0.05, 0.1) is 0 Å². The molecule has 3 heteroatoms. The van der Waals surface area contributed by atoms with Gasteiger partial charge in [-0.05, 0) is 48.9 Å². The van der Waals surface area contributed by atoms with Crippen LogP contribution in [0.4, 0.5) is 15.8 Å². The summed E-state index contributed by atoms with van der Waals surface area (Å²) in [5.74, 6) is -0.213. The summed E-state index contributed by atoms with van der Waals surface area (Å²) in [6, 6.07) is 15.0. The SMILES string of the molecule is CCCNCc1ccc(N(C)c2cccc(F)c2)cc1. The Morgan fingerprint density at radius 1 is 1.05 bits per heavy atom. The molecule has 0 aliphatic carbocycles. The van der Waals surface area contributed by atoms with Gasteiger partial charge < -0.3 is 10.2 Å². The van der Waals surface area contributed by atoms with Crippen LogP contribution in [0.15, 0.2) is 48.5 Å². The molecule has 2 aromatic rings. The third kappa shape index (κ3) is 3.81. The largest absolute Gasteiger partial charge is 0.345 e. The second-order valence-corrected chi connectivity index (χ2v) is 4.88. The molecule has 0 aliphatic heterocycles. The molecule has 0 spiro atoms. The van der Waals surface area contributed by atoms with Crippen molar-refractivity contribution in [3.8, 4) is 0 Å². The first-order valence-electron chi connectivity index (χ1n) is 6.99. The molecule has 0 bridgehead atoms. The molecular formula is C17H21FN2. The van der Waals surface area contributed by atoms with Gasteiger partial charge in [0, 0.05) is 25.0 Å². The second-order valence-electron chi connectivity index (χ2n) is 4.88. The standard InChI is InChI=1S/C17H21FN2/c1-3-11-19-13-14-7-9-16(10-8-14)20(2)17-6-4-5-15(18)12-17/h4-10,12,19H,3,11,13H2,1-2H3. The van der Waals surface area contributed by atoms with E-state index in [4.69, 9.17) is 0 Å². The zero-order valence-electron chi connectivity index (χ0n) is 12.1. The normalized spacial score (nSPS) is 10.6. The molecule has 0 saturated heterocycles. The second kappa shape index (κ2) is 7.06. The van der Waals surface area contributed by atoms with Crippen molar-refractivity contribution >= 4 is 11.4 Å². The van der Waals surface area contributed by atoms with E-state index in [-0.39, 0.29) is 5.82 Å². The first-order chi connectivity index (χ1) is 9.70. The van der Waals surface area contributed by atoms with Gasteiger partial charge in [0.1, 0.15) is 5.82 Å². The van der Waals surface area contributed by atoms with Crippen molar-refractivity contribution in [1.29, 1.82) is 0 Å². The van der Waals surface area contributed by atoms with Crippen LogP contribution in [0.5, 0.6) is 0 Å². The average molecular weight is 272 g/mol. The lowest BCUT2D eigenvalue weighted by molar-refractivity contribution is 0.628. The molecule has 0 atom stereocenters. The highest BCUT2D eigenvalue weighted by molar-refractivity contribution is 5.62. The van der Waals surface area contributed by atoms with E-state index in [1.165, 1.54) is 17.7 Å². The zero-order chi connectivity index (χ0) is 14.4. The Balaban J connectivity index is 2.05. The number of hydrogen-bond donors (Lipinski definition) is 1. The molecule has 0 aromatic heterocycles. The lowest BCUT2D eigenvalue weighted by Crippen LogP contribution is -2.14. The number of benzene rings is 2. The van der Waals surface area contributed by atoms with Crippen LogP contribution in [0.25, 0.3) is 0 Å². The molecule has 2 rings (SSSR count). The van der Waals surface area contributed by atoms with Crippen molar-refractivity contribution in [2.24, 2.45) is 0 Å². The molecule has 0 aliphatic rings. The summed E-state index contributed by atoms with van der Waals surface area (Å²) in [5, 5.41) is 3.38. The number of anilines is 2. The Labute approximate surface area is 120 Å². The van der Waals surface area contributed by atoms with Gasteiger partial charge in [0.2, 0.25) is 0 Å². The minimum absolute atomic E-state index is 0.213. The third-order valence-electron chi connectivity index (χ3n) is 3.28. The van der Waals surface area contributed by atoms with Crippen LogP contribution in [-0.4, -0.2) is 13.6 Å². The van der Waals surface area contributed by atoms with Crippen molar-refractivity contribution in [3.63, 3.8) is 0 Å². The molecule has 2 aromatic carbocycles. The van der Waals surface area contributed by atoms with Crippen LogP contribution in [0.1, 0.15) is 18.9 Å². The summed E-state index contributed by atoms with van der Waals surface area (Å²) >= 11 is 0. The highest BCUT2D eigenvalue weighted by Crippen LogP contribution is 2.24. The maximum Gasteiger partial charge on any atom is 0.125 e. The highest BCUT2D eigenvalue weighted by Gasteiger charge is 2.04. The summed E-state index contributed by atoms with van der Waals surface area (Å²) in [6.45, 7) is 4.08. The predicted octanol–water partition coefficient (Wildman–Crippen LogP) is 4.09. The Morgan fingerprint density at radius 2 is 1.80 bits per heavy atom. The van der Waals surface area contributed by atoms with E-state index in [9.17, 15) is 4.39 Å². The molecule has 0 amide bonds. The molecule has 0 heterocycles. The summed E-state index contributed by atoms with van der Waals surface area (Å²) in [5.41, 5.74) is 3.16. The Kier molecular flexibility index (Phi) is 5.13. The van der Waals surface area contributed by atoms with Crippen LogP contribution < -0.4 is 10.2 Å². The van der Waals surface area contributed by atoms with Crippen LogP contribution >= 0.6 is 0 Å². The summed E-state index contributed by atoms with van der Waals surface area (Å²) in [4.78, 5) is 1.98. The van der Waals surface area contributed by atoms with Gasteiger partial charge >= 0.3 is 0 Å². The van der Waals surface area contributed by atoms with E-state index in [0.29, 0.717) is 0 Å². The van der Waals surface area contributed by atoms with Gasteiger partial charge in [0.15, 0.2) is 0 Å². The maximum atomic E-state index is 13.2. The first-order valence-corrected chi connectivity index (χ1v) is 6.99. The molecule has 2 nitrogen and oxygen atoms in total. The van der Waals surface area contributed by atoms with E-state index in [1.807, 2.05) is 18.0 Å². The number of nitrogens with zero attached hydrogens (tertiary/aromatic N) is 1. The number of halogens is 1. The van der Waals surface area contributed by atoms with Gasteiger partial charge in [-0.15, -0.1) is 0 Å². The molecule has 0 radical (unpaired) electrons. The lowest BCUT2D eigenvalue weighted by Gasteiger charge is -2.20. The summed E-state index contributed by atoms with van der Waals surface area (Å²) in [6.07, 6.45) is 1.14. The van der Waals surface area contributed by atoms with Gasteiger partial charge in [-0.2, -0.15) is 0 Å². The number of rotatable bonds is 6. The lowest BCUT2D eigenvalue weighted by atomic mass is 10.2. The van der Waals surface area contributed by atoms with Crippen molar-refractivity contribution in [1.82, 2.24) is 5.32 Å². The van der Waals surface area contributed by atoms with Crippen LogP contribution in [-0.2, 0) is 6.54 Å². The van der Waals surface area contributed by atoms with Crippen LogP contribution in [0.2, 0.25) is 0 Å². The van der Waals surface area contributed by atoms with Crippen molar-refractivity contribution < 1.29 is 4.39 Å². The minimum atomic E-state index is -0.213. The first kappa shape index (κ1) is 14.5. The van der Waals surface area contributed by atoms with E-state index in [1.54, 1.807) is 6.07 Å². The zero-order valence-corrected chi connectivity index (χ0v) is 12.1. The number of nitrogens with one attached hydrogen (secondary N) is 1. The smallest absolute Gasteiger partial charge is 0.125 e. The van der Waals surface area contributed by atoms with Gasteiger partial charge in [-0.3, -0.25) is 0 Å². The topological polar surface area (TPSA) is 15.3 Å². The van der Waals surface area contributed by atoms with Crippen molar-refractivity contribution in [3.05, 3.63) is 59.9 Å². The van der Waals surface area contributed by atoms with Crippen LogP contribution in [0, 0.1) is 5.82 Å². The maximum absolute atomic E-state index is 13.2. The average Bonchev–Trinajstić information content (AvgIpc) is 2.47. The predicted molar refractivity (Wildman–Crippen MR) is 82.9 cm³/mol. The van der Waals surface area contributed by atoms with E-state index in [0.717, 1.165) is 30.9 Å². The Hall–Kier alpha value is -1.87. The van der Waals surface area contributed by atoms with Crippen LogP contribution in [0.3, 0.4) is 0 Å². The molecule has 0 unspecified atom stereocenters. The summed E-state index contributed by atoms with van der Waals surface area (Å²) < 4.78 is 13.2. The molecule has 0 fully saturated rings. The van der Waals surface area contributed by atoms with Crippen molar-refractivity contribution in [2.75, 3.05) is 18.5 Å². The fraction of sp³-hybridized carbons (Fsp3) is 0.294. The molecule has 1 N–H and O–H groups in total. The highest BCUT2D eigenvalue weighted by atomic mass is 19.1. The minimum Gasteiger partial charge on any atom is -0.345 e. The molecular weight excluding hydrogens is 251 g/mol. The van der Waals surface area contributed by atoms with E-state index >= 15 is 0 Å². The third-order valence-corrected chi connectivity index (χ3v) is 3.28. The van der Waals surface area contributed by atoms with Gasteiger partial charge in [0.25, 0.3) is 0 Å². The monoisotopic (exact) mass is 272 g/mol. The van der Waals surface area contributed by atoms with Gasteiger partial charge in [-0.25, -0.2) is 4.39 Å². The fourth-order valence-electron chi connectivity index (χ4n) is 2.08. The van der Waals surface area contributed by atoms with Gasteiger partial charge in [-0.1, -0.05) is 25.1 Å².